The number of alkyl carbamates (subject to hydrolysis) is 1. The van der Waals surface area contributed by atoms with Crippen molar-refractivity contribution in [3.63, 3.8) is 0 Å². The van der Waals surface area contributed by atoms with Crippen LogP contribution in [0.15, 0.2) is 30.5 Å². The molecule has 0 aromatic carbocycles. The Hall–Kier alpha value is -3.40. The number of aromatic nitrogens is 5. The van der Waals surface area contributed by atoms with Crippen LogP contribution in [0.1, 0.15) is 43.0 Å². The molecule has 1 amide bonds. The predicted octanol–water partition coefficient (Wildman–Crippen LogP) is 3.23. The highest BCUT2D eigenvalue weighted by Gasteiger charge is 2.30. The lowest BCUT2D eigenvalue weighted by atomic mass is 10.0. The molecule has 10 nitrogen and oxygen atoms in total. The number of anilines is 2. The van der Waals surface area contributed by atoms with Gasteiger partial charge in [0.2, 0.25) is 0 Å². The van der Waals surface area contributed by atoms with E-state index in [1.807, 2.05) is 36.0 Å². The summed E-state index contributed by atoms with van der Waals surface area (Å²) >= 11 is 0. The number of aromatic amines is 1. The number of pyridine rings is 1. The number of aryl methyl sites for hydroxylation is 1. The molecule has 1 fully saturated rings. The van der Waals surface area contributed by atoms with E-state index in [2.05, 4.69) is 25.9 Å². The van der Waals surface area contributed by atoms with Crippen LogP contribution in [0.5, 0.6) is 0 Å². The lowest BCUT2D eigenvalue weighted by molar-refractivity contribution is 0.0956. The van der Waals surface area contributed by atoms with Crippen molar-refractivity contribution in [3.05, 3.63) is 41.9 Å². The van der Waals surface area contributed by atoms with Crippen LogP contribution in [0.4, 0.5) is 16.4 Å². The first kappa shape index (κ1) is 20.5. The van der Waals surface area contributed by atoms with Crippen LogP contribution in [-0.2, 0) is 23.1 Å². The summed E-state index contributed by atoms with van der Waals surface area (Å²) in [4.78, 5) is 16.8. The SMILES string of the molecule is Cn1nccc1-c1cc2nc(c1)Nc1cc([nH]n1)[C@H]1CC[C@H](C1)OC(=O)NCCCOC2. The van der Waals surface area contributed by atoms with Crippen LogP contribution in [0.2, 0.25) is 0 Å². The Morgan fingerprint density at radius 2 is 2.12 bits per heavy atom. The van der Waals surface area contributed by atoms with Gasteiger partial charge in [-0.15, -0.1) is 0 Å². The summed E-state index contributed by atoms with van der Waals surface area (Å²) in [7, 11) is 1.91. The maximum absolute atomic E-state index is 12.1. The number of amides is 1. The smallest absolute Gasteiger partial charge is 0.407 e. The van der Waals surface area contributed by atoms with Crippen molar-refractivity contribution in [1.82, 2.24) is 30.3 Å². The maximum Gasteiger partial charge on any atom is 0.407 e. The van der Waals surface area contributed by atoms with Gasteiger partial charge in [-0.1, -0.05) is 0 Å². The molecule has 2 atom stereocenters. The number of rotatable bonds is 1. The third-order valence-electron chi connectivity index (χ3n) is 5.93. The Balaban J connectivity index is 1.43. The Morgan fingerprint density at radius 1 is 1.19 bits per heavy atom. The lowest BCUT2D eigenvalue weighted by Gasteiger charge is -2.13. The Labute approximate surface area is 185 Å². The Bertz CT molecular complexity index is 1090. The molecule has 10 heteroatoms. The topological polar surface area (TPSA) is 119 Å². The minimum absolute atomic E-state index is 0.0744. The molecule has 0 radical (unpaired) electrons. The second-order valence-electron chi connectivity index (χ2n) is 8.28. The third kappa shape index (κ3) is 4.59. The van der Waals surface area contributed by atoms with E-state index in [-0.39, 0.29) is 18.1 Å². The molecule has 5 rings (SSSR count). The molecule has 168 valence electrons. The number of fused-ring (bicyclic) bond motifs is 7. The molecule has 3 aromatic heterocycles. The molecule has 3 N–H and O–H groups in total. The van der Waals surface area contributed by atoms with Gasteiger partial charge in [-0.2, -0.15) is 10.2 Å². The second-order valence-corrected chi connectivity index (χ2v) is 8.28. The summed E-state index contributed by atoms with van der Waals surface area (Å²) in [5.41, 5.74) is 3.82. The quantitative estimate of drug-likeness (QED) is 0.535. The van der Waals surface area contributed by atoms with Crippen molar-refractivity contribution in [2.24, 2.45) is 7.05 Å². The Morgan fingerprint density at radius 3 is 3.00 bits per heavy atom. The zero-order valence-corrected chi connectivity index (χ0v) is 18.0. The summed E-state index contributed by atoms with van der Waals surface area (Å²) in [6.07, 6.45) is 4.62. The van der Waals surface area contributed by atoms with Crippen molar-refractivity contribution >= 4 is 17.7 Å². The molecule has 0 saturated heterocycles. The van der Waals surface area contributed by atoms with Gasteiger partial charge in [0.25, 0.3) is 0 Å². The third-order valence-corrected chi connectivity index (χ3v) is 5.93. The summed E-state index contributed by atoms with van der Waals surface area (Å²) in [6, 6.07) is 7.97. The van der Waals surface area contributed by atoms with Crippen LogP contribution in [0, 0.1) is 0 Å². The van der Waals surface area contributed by atoms with Crippen molar-refractivity contribution in [2.75, 3.05) is 18.5 Å². The maximum atomic E-state index is 12.1. The molecule has 1 aliphatic heterocycles. The van der Waals surface area contributed by atoms with Gasteiger partial charge in [0.15, 0.2) is 5.82 Å². The van der Waals surface area contributed by atoms with E-state index in [1.165, 1.54) is 0 Å². The van der Waals surface area contributed by atoms with Crippen LogP contribution < -0.4 is 10.6 Å². The lowest BCUT2D eigenvalue weighted by Crippen LogP contribution is -2.29. The summed E-state index contributed by atoms with van der Waals surface area (Å²) in [5, 5.41) is 18.0. The second kappa shape index (κ2) is 8.99. The van der Waals surface area contributed by atoms with Crippen molar-refractivity contribution < 1.29 is 14.3 Å². The molecular weight excluding hydrogens is 410 g/mol. The van der Waals surface area contributed by atoms with Crippen LogP contribution >= 0.6 is 0 Å². The minimum atomic E-state index is -0.362. The number of H-pyrrole nitrogens is 1. The van der Waals surface area contributed by atoms with Gasteiger partial charge >= 0.3 is 6.09 Å². The number of nitrogens with zero attached hydrogens (tertiary/aromatic N) is 4. The van der Waals surface area contributed by atoms with Gasteiger partial charge in [-0.25, -0.2) is 9.78 Å². The van der Waals surface area contributed by atoms with E-state index >= 15 is 0 Å². The first-order valence-corrected chi connectivity index (χ1v) is 11.0. The number of hydrogen-bond acceptors (Lipinski definition) is 7. The first-order chi connectivity index (χ1) is 15.6. The highest BCUT2D eigenvalue weighted by molar-refractivity contribution is 5.67. The molecule has 0 spiro atoms. The van der Waals surface area contributed by atoms with Gasteiger partial charge in [0, 0.05) is 49.6 Å². The van der Waals surface area contributed by atoms with E-state index in [4.69, 9.17) is 14.5 Å². The van der Waals surface area contributed by atoms with Gasteiger partial charge in [0.1, 0.15) is 11.9 Å². The zero-order valence-electron chi connectivity index (χ0n) is 18.0. The molecule has 6 bridgehead atoms. The van der Waals surface area contributed by atoms with E-state index < -0.39 is 0 Å². The largest absolute Gasteiger partial charge is 0.446 e. The molecule has 3 aromatic rings. The molecule has 1 aliphatic carbocycles. The zero-order chi connectivity index (χ0) is 21.9. The summed E-state index contributed by atoms with van der Waals surface area (Å²) < 4.78 is 13.2. The first-order valence-electron chi connectivity index (χ1n) is 11.0. The van der Waals surface area contributed by atoms with Gasteiger partial charge in [-0.05, 0) is 43.9 Å². The van der Waals surface area contributed by atoms with Gasteiger partial charge < -0.3 is 20.1 Å². The average Bonchev–Trinajstić information content (AvgIpc) is 3.51. The van der Waals surface area contributed by atoms with Crippen LogP contribution in [0.3, 0.4) is 0 Å². The fourth-order valence-electron chi connectivity index (χ4n) is 4.34. The molecule has 4 heterocycles. The van der Waals surface area contributed by atoms with Crippen molar-refractivity contribution in [1.29, 1.82) is 0 Å². The van der Waals surface area contributed by atoms with Gasteiger partial charge in [0.05, 0.1) is 18.0 Å². The minimum Gasteiger partial charge on any atom is -0.446 e. The molecular formula is C22H27N7O3. The highest BCUT2D eigenvalue weighted by atomic mass is 16.6. The fraction of sp³-hybridized carbons (Fsp3) is 0.455. The number of carbonyl (C=O) groups is 1. The Kier molecular flexibility index (Phi) is 5.76. The predicted molar refractivity (Wildman–Crippen MR) is 117 cm³/mol. The molecule has 2 aliphatic rings. The molecule has 0 unspecified atom stereocenters. The van der Waals surface area contributed by atoms with Crippen molar-refractivity contribution in [3.8, 4) is 11.3 Å². The highest BCUT2D eigenvalue weighted by Crippen LogP contribution is 2.36. The summed E-state index contributed by atoms with van der Waals surface area (Å²) in [6.45, 7) is 1.38. The van der Waals surface area contributed by atoms with Gasteiger partial charge in [-0.3, -0.25) is 9.78 Å². The van der Waals surface area contributed by atoms with Crippen LogP contribution in [-0.4, -0.2) is 50.3 Å². The molecule has 1 saturated carbocycles. The van der Waals surface area contributed by atoms with E-state index in [9.17, 15) is 4.79 Å². The number of hydrogen-bond donors (Lipinski definition) is 3. The molecule has 32 heavy (non-hydrogen) atoms. The van der Waals surface area contributed by atoms with Crippen molar-refractivity contribution in [2.45, 2.75) is 44.3 Å². The number of carbonyl (C=O) groups excluding carboxylic acids is 1. The number of ether oxygens (including phenoxy) is 2. The van der Waals surface area contributed by atoms with E-state index in [1.54, 1.807) is 6.20 Å². The monoisotopic (exact) mass is 437 g/mol. The standard InChI is InChI=1S/C22H27N7O3/c1-29-19(5-7-24-29)15-9-16-13-31-8-2-6-23-22(30)32-17-4-3-14(10-17)18-12-21(28-27-18)26-20(11-15)25-16/h5,7,9,11-12,14,17H,2-4,6,8,10,13H2,1H3,(H,23,30)(H2,25,26,27,28)/t14-,17+/m0/s1. The average molecular weight is 438 g/mol. The normalized spacial score (nSPS) is 21.7. The van der Waals surface area contributed by atoms with E-state index in [0.717, 1.165) is 41.9 Å². The van der Waals surface area contributed by atoms with Crippen LogP contribution in [0.25, 0.3) is 11.3 Å². The fourth-order valence-corrected chi connectivity index (χ4v) is 4.34. The summed E-state index contributed by atoms with van der Waals surface area (Å²) in [5.74, 6) is 1.68. The van der Waals surface area contributed by atoms with E-state index in [0.29, 0.717) is 37.8 Å². The number of nitrogens with one attached hydrogen (secondary N) is 3.